The van der Waals surface area contributed by atoms with Crippen molar-refractivity contribution >= 4 is 11.8 Å². The first-order valence-electron chi connectivity index (χ1n) is 6.51. The Hall–Kier alpha value is -2.49. The number of methoxy groups -OCH3 is 1. The summed E-state index contributed by atoms with van der Waals surface area (Å²) in [5.74, 6) is -2.26. The second kappa shape index (κ2) is 6.31. The highest BCUT2D eigenvalue weighted by molar-refractivity contribution is 6.35. The predicted molar refractivity (Wildman–Crippen MR) is 77.3 cm³/mol. The van der Waals surface area contributed by atoms with Crippen LogP contribution in [0.25, 0.3) is 11.1 Å². The molecule has 3 nitrogen and oxygen atoms in total. The summed E-state index contributed by atoms with van der Waals surface area (Å²) in [6.45, 7) is 1.66. The molecule has 0 saturated heterocycles. The lowest BCUT2D eigenvalue weighted by molar-refractivity contribution is -0.152. The van der Waals surface area contributed by atoms with Crippen LogP contribution in [0.3, 0.4) is 0 Å². The van der Waals surface area contributed by atoms with Crippen LogP contribution in [0.2, 0.25) is 0 Å². The first-order valence-corrected chi connectivity index (χ1v) is 6.51. The zero-order chi connectivity index (χ0) is 15.4. The van der Waals surface area contributed by atoms with E-state index in [0.717, 1.165) is 16.7 Å². The van der Waals surface area contributed by atoms with E-state index in [1.165, 1.54) is 19.2 Å². The van der Waals surface area contributed by atoms with Crippen LogP contribution in [0, 0.1) is 5.82 Å². The molecule has 0 amide bonds. The van der Waals surface area contributed by atoms with E-state index < -0.39 is 17.7 Å². The summed E-state index contributed by atoms with van der Waals surface area (Å²) < 4.78 is 17.3. The summed E-state index contributed by atoms with van der Waals surface area (Å²) in [6.07, 6.45) is 0. The largest absolute Gasteiger partial charge is 0.463 e. The molecule has 0 spiro atoms. The SMILES string of the molecule is COC(=O)C(=O)C(C)c1ccc(-c2ccc(F)cc2)cc1. The van der Waals surface area contributed by atoms with Gasteiger partial charge in [0.2, 0.25) is 5.78 Å². The van der Waals surface area contributed by atoms with Crippen molar-refractivity contribution in [1.82, 2.24) is 0 Å². The van der Waals surface area contributed by atoms with E-state index in [4.69, 9.17) is 0 Å². The standard InChI is InChI=1S/C17H15FO3/c1-11(16(19)17(20)21-2)12-3-5-13(6-4-12)14-7-9-15(18)10-8-14/h3-11H,1-2H3. The number of halogens is 1. The van der Waals surface area contributed by atoms with Crippen LogP contribution >= 0.6 is 0 Å². The van der Waals surface area contributed by atoms with Gasteiger partial charge in [0.1, 0.15) is 5.82 Å². The van der Waals surface area contributed by atoms with Gasteiger partial charge >= 0.3 is 5.97 Å². The summed E-state index contributed by atoms with van der Waals surface area (Å²) >= 11 is 0. The Bertz CT molecular complexity index is 645. The molecule has 1 atom stereocenters. The van der Waals surface area contributed by atoms with E-state index in [9.17, 15) is 14.0 Å². The molecule has 0 bridgehead atoms. The van der Waals surface area contributed by atoms with Crippen molar-refractivity contribution in [2.24, 2.45) is 0 Å². The Kier molecular flexibility index (Phi) is 4.48. The van der Waals surface area contributed by atoms with Gasteiger partial charge in [0.05, 0.1) is 13.0 Å². The number of hydrogen-bond acceptors (Lipinski definition) is 3. The third-order valence-electron chi connectivity index (χ3n) is 3.37. The number of hydrogen-bond donors (Lipinski definition) is 0. The second-order valence-electron chi connectivity index (χ2n) is 4.71. The van der Waals surface area contributed by atoms with Crippen LogP contribution in [0.4, 0.5) is 4.39 Å². The number of ketones is 1. The van der Waals surface area contributed by atoms with Gasteiger partial charge in [-0.3, -0.25) is 4.79 Å². The highest BCUT2D eigenvalue weighted by Crippen LogP contribution is 2.23. The Labute approximate surface area is 122 Å². The van der Waals surface area contributed by atoms with Crippen molar-refractivity contribution in [2.75, 3.05) is 7.11 Å². The number of Topliss-reactive ketones (excluding diaryl/α,β-unsaturated/α-hetero) is 1. The van der Waals surface area contributed by atoms with Gasteiger partial charge in [0.15, 0.2) is 0 Å². The van der Waals surface area contributed by atoms with Crippen molar-refractivity contribution in [1.29, 1.82) is 0 Å². The number of carbonyl (C=O) groups is 2. The molecule has 0 heterocycles. The average Bonchev–Trinajstić information content (AvgIpc) is 2.53. The van der Waals surface area contributed by atoms with Gasteiger partial charge in [0.25, 0.3) is 0 Å². The highest BCUT2D eigenvalue weighted by Gasteiger charge is 2.23. The minimum atomic E-state index is -0.842. The lowest BCUT2D eigenvalue weighted by Gasteiger charge is -2.10. The molecule has 0 aliphatic heterocycles. The van der Waals surface area contributed by atoms with Gasteiger partial charge in [-0.25, -0.2) is 9.18 Å². The van der Waals surface area contributed by atoms with Gasteiger partial charge in [-0.15, -0.1) is 0 Å². The monoisotopic (exact) mass is 286 g/mol. The number of esters is 1. The molecule has 0 aliphatic rings. The fraction of sp³-hybridized carbons (Fsp3) is 0.176. The molecule has 21 heavy (non-hydrogen) atoms. The maximum atomic E-state index is 12.9. The van der Waals surface area contributed by atoms with E-state index in [1.54, 1.807) is 31.2 Å². The first kappa shape index (κ1) is 14.9. The van der Waals surface area contributed by atoms with Crippen molar-refractivity contribution < 1.29 is 18.7 Å². The molecular weight excluding hydrogens is 271 g/mol. The van der Waals surface area contributed by atoms with Crippen LogP contribution < -0.4 is 0 Å². The molecule has 0 aromatic heterocycles. The number of benzene rings is 2. The van der Waals surface area contributed by atoms with E-state index in [1.807, 2.05) is 12.1 Å². The van der Waals surface area contributed by atoms with E-state index in [-0.39, 0.29) is 5.82 Å². The smallest absolute Gasteiger partial charge is 0.374 e. The quantitative estimate of drug-likeness (QED) is 0.639. The van der Waals surface area contributed by atoms with E-state index in [2.05, 4.69) is 4.74 Å². The first-order chi connectivity index (χ1) is 10.0. The van der Waals surface area contributed by atoms with Crippen LogP contribution in [-0.4, -0.2) is 18.9 Å². The van der Waals surface area contributed by atoms with Crippen molar-refractivity contribution in [3.05, 3.63) is 59.9 Å². The lowest BCUT2D eigenvalue weighted by atomic mass is 9.94. The fourth-order valence-corrected chi connectivity index (χ4v) is 2.04. The molecule has 0 radical (unpaired) electrons. The molecule has 4 heteroatoms. The summed E-state index contributed by atoms with van der Waals surface area (Å²) in [4.78, 5) is 23.0. The van der Waals surface area contributed by atoms with Gasteiger partial charge in [-0.1, -0.05) is 43.3 Å². The van der Waals surface area contributed by atoms with Crippen LogP contribution in [0.1, 0.15) is 18.4 Å². The molecule has 0 aliphatic carbocycles. The van der Waals surface area contributed by atoms with Gasteiger partial charge in [0, 0.05) is 0 Å². The molecule has 1 unspecified atom stereocenters. The molecule has 0 fully saturated rings. The zero-order valence-corrected chi connectivity index (χ0v) is 11.8. The Balaban J connectivity index is 2.21. The number of ether oxygens (including phenoxy) is 1. The summed E-state index contributed by atoms with van der Waals surface area (Å²) in [5.41, 5.74) is 2.53. The maximum Gasteiger partial charge on any atom is 0.374 e. The van der Waals surface area contributed by atoms with Crippen molar-refractivity contribution in [3.8, 4) is 11.1 Å². The molecule has 0 saturated carbocycles. The Morgan fingerprint density at radius 2 is 1.43 bits per heavy atom. The van der Waals surface area contributed by atoms with E-state index >= 15 is 0 Å². The average molecular weight is 286 g/mol. The number of rotatable bonds is 4. The highest BCUT2D eigenvalue weighted by atomic mass is 19.1. The minimum Gasteiger partial charge on any atom is -0.463 e. The van der Waals surface area contributed by atoms with Gasteiger partial charge in [-0.05, 0) is 28.8 Å². The lowest BCUT2D eigenvalue weighted by Crippen LogP contribution is -2.21. The summed E-state index contributed by atoms with van der Waals surface area (Å²) in [7, 11) is 1.19. The van der Waals surface area contributed by atoms with Crippen LogP contribution in [0.15, 0.2) is 48.5 Å². The van der Waals surface area contributed by atoms with Crippen molar-refractivity contribution in [3.63, 3.8) is 0 Å². The third kappa shape index (κ3) is 3.34. The van der Waals surface area contributed by atoms with E-state index in [0.29, 0.717) is 0 Å². The topological polar surface area (TPSA) is 43.4 Å². The predicted octanol–water partition coefficient (Wildman–Crippen LogP) is 3.34. The second-order valence-corrected chi connectivity index (χ2v) is 4.71. The normalized spacial score (nSPS) is 11.8. The molecule has 0 N–H and O–H groups in total. The molecule has 2 rings (SSSR count). The third-order valence-corrected chi connectivity index (χ3v) is 3.37. The van der Waals surface area contributed by atoms with Gasteiger partial charge < -0.3 is 4.74 Å². The minimum absolute atomic E-state index is 0.285. The van der Waals surface area contributed by atoms with Crippen LogP contribution in [-0.2, 0) is 14.3 Å². The summed E-state index contributed by atoms with van der Waals surface area (Å²) in [5, 5.41) is 0. The van der Waals surface area contributed by atoms with Crippen LogP contribution in [0.5, 0.6) is 0 Å². The maximum absolute atomic E-state index is 12.9. The van der Waals surface area contributed by atoms with Gasteiger partial charge in [-0.2, -0.15) is 0 Å². The Morgan fingerprint density at radius 1 is 0.952 bits per heavy atom. The summed E-state index contributed by atoms with van der Waals surface area (Å²) in [6, 6.07) is 13.4. The number of carbonyl (C=O) groups excluding carboxylic acids is 2. The zero-order valence-electron chi connectivity index (χ0n) is 11.8. The molecule has 2 aromatic carbocycles. The molecule has 2 aromatic rings. The Morgan fingerprint density at radius 3 is 1.90 bits per heavy atom. The molecular formula is C17H15FO3. The molecule has 108 valence electrons. The fourth-order valence-electron chi connectivity index (χ4n) is 2.04. The van der Waals surface area contributed by atoms with Crippen molar-refractivity contribution in [2.45, 2.75) is 12.8 Å².